The summed E-state index contributed by atoms with van der Waals surface area (Å²) in [5.74, 6) is -0.530. The first-order valence-corrected chi connectivity index (χ1v) is 9.28. The van der Waals surface area contributed by atoms with E-state index in [1.54, 1.807) is 19.2 Å². The molecule has 1 heterocycles. The van der Waals surface area contributed by atoms with Gasteiger partial charge in [-0.25, -0.2) is 9.78 Å². The van der Waals surface area contributed by atoms with Gasteiger partial charge in [0.2, 0.25) is 0 Å². The zero-order valence-corrected chi connectivity index (χ0v) is 16.1. The van der Waals surface area contributed by atoms with Crippen LogP contribution in [0.5, 0.6) is 5.75 Å². The molecule has 0 saturated carbocycles. The first kappa shape index (κ1) is 22.1. The van der Waals surface area contributed by atoms with Crippen molar-refractivity contribution in [3.05, 3.63) is 45.9 Å². The topological polar surface area (TPSA) is 82.9 Å². The molecule has 0 aliphatic heterocycles. The Hall–Kier alpha value is -2.17. The number of hydrogen-bond acceptors (Lipinski definition) is 6. The highest BCUT2D eigenvalue weighted by Crippen LogP contribution is 2.33. The van der Waals surface area contributed by atoms with E-state index in [4.69, 9.17) is 9.84 Å². The van der Waals surface area contributed by atoms with Crippen molar-refractivity contribution >= 4 is 17.3 Å². The van der Waals surface area contributed by atoms with Crippen molar-refractivity contribution in [2.24, 2.45) is 0 Å². The minimum Gasteiger partial charge on any atom is -0.482 e. The fraction of sp³-hybridized carbons (Fsp3) is 0.444. The van der Waals surface area contributed by atoms with Crippen LogP contribution in [0, 0.1) is 0 Å². The van der Waals surface area contributed by atoms with E-state index in [0.717, 1.165) is 5.56 Å². The Morgan fingerprint density at radius 3 is 2.46 bits per heavy atom. The molecule has 1 aromatic carbocycles. The van der Waals surface area contributed by atoms with Gasteiger partial charge in [0.25, 0.3) is 0 Å². The van der Waals surface area contributed by atoms with Crippen LogP contribution in [0.3, 0.4) is 0 Å². The van der Waals surface area contributed by atoms with E-state index in [1.165, 1.54) is 5.38 Å². The van der Waals surface area contributed by atoms with Gasteiger partial charge in [-0.3, -0.25) is 0 Å². The quantitative estimate of drug-likeness (QED) is 0.650. The fourth-order valence-electron chi connectivity index (χ4n) is 2.64. The van der Waals surface area contributed by atoms with Crippen LogP contribution < -0.4 is 4.74 Å². The van der Waals surface area contributed by atoms with E-state index in [1.807, 2.05) is 24.0 Å². The number of thiazole rings is 1. The van der Waals surface area contributed by atoms with Gasteiger partial charge in [-0.15, -0.1) is 11.3 Å². The Bertz CT molecular complexity index is 780. The van der Waals surface area contributed by atoms with E-state index < -0.39 is 29.9 Å². The number of ether oxygens (including phenoxy) is 1. The van der Waals surface area contributed by atoms with Crippen LogP contribution in [0.2, 0.25) is 0 Å². The molecule has 154 valence electrons. The molecular weight excluding hydrogens is 397 g/mol. The number of aliphatic hydroxyl groups is 1. The first-order valence-electron chi connectivity index (χ1n) is 8.40. The summed E-state index contributed by atoms with van der Waals surface area (Å²) in [4.78, 5) is 15.8. The molecule has 0 aliphatic carbocycles. The molecule has 0 bridgehead atoms. The van der Waals surface area contributed by atoms with Crippen molar-refractivity contribution in [2.45, 2.75) is 25.1 Å². The number of aliphatic hydroxyl groups excluding tert-OH is 1. The number of halogens is 3. The van der Waals surface area contributed by atoms with E-state index in [-0.39, 0.29) is 18.2 Å². The average molecular weight is 418 g/mol. The number of benzene rings is 1. The number of nitrogens with zero attached hydrogens (tertiary/aromatic N) is 2. The monoisotopic (exact) mass is 418 g/mol. The molecule has 0 aliphatic rings. The minimum atomic E-state index is -4.51. The molecule has 0 saturated heterocycles. The van der Waals surface area contributed by atoms with Gasteiger partial charge in [-0.1, -0.05) is 19.1 Å². The molecule has 28 heavy (non-hydrogen) atoms. The molecule has 0 spiro atoms. The van der Waals surface area contributed by atoms with E-state index in [9.17, 15) is 23.1 Å². The van der Waals surface area contributed by atoms with Crippen molar-refractivity contribution < 1.29 is 32.9 Å². The number of rotatable bonds is 9. The summed E-state index contributed by atoms with van der Waals surface area (Å²) in [6, 6.07) is 7.00. The lowest BCUT2D eigenvalue weighted by molar-refractivity contribution is -0.139. The lowest BCUT2D eigenvalue weighted by Crippen LogP contribution is -2.28. The van der Waals surface area contributed by atoms with Crippen LogP contribution >= 0.6 is 11.3 Å². The summed E-state index contributed by atoms with van der Waals surface area (Å²) in [5.41, 5.74) is 0.994. The Kier molecular flexibility index (Phi) is 7.39. The Balaban J connectivity index is 1.88. The molecule has 0 radical (unpaired) electrons. The maximum absolute atomic E-state index is 12.6. The standard InChI is InChI=1S/C18H21F3N2O4S/c1-11(12-3-5-13(6-4-12)27-9-16(25)26)7-23(2)8-15(24)14-10-28-17(22-14)18(19,20)21/h3-6,10-11,15,24H,7-9H2,1-2H3,(H,25,26). The fourth-order valence-corrected chi connectivity index (χ4v) is 3.38. The SMILES string of the molecule is CC(CN(C)CC(O)c1csc(C(F)(F)F)n1)c1ccc(OCC(=O)O)cc1. The summed E-state index contributed by atoms with van der Waals surface area (Å²) >= 11 is 0.466. The highest BCUT2D eigenvalue weighted by Gasteiger charge is 2.35. The molecule has 0 fully saturated rings. The van der Waals surface area contributed by atoms with E-state index >= 15 is 0 Å². The minimum absolute atomic E-state index is 0.0109. The Morgan fingerprint density at radius 2 is 1.93 bits per heavy atom. The molecule has 2 aromatic rings. The lowest BCUT2D eigenvalue weighted by Gasteiger charge is -2.23. The average Bonchev–Trinajstić information content (AvgIpc) is 3.11. The highest BCUT2D eigenvalue weighted by atomic mass is 32.1. The smallest absolute Gasteiger partial charge is 0.443 e. The third kappa shape index (κ3) is 6.47. The molecule has 2 atom stereocenters. The summed E-state index contributed by atoms with van der Waals surface area (Å²) in [6.45, 7) is 2.26. The Morgan fingerprint density at radius 1 is 1.29 bits per heavy atom. The van der Waals surface area contributed by atoms with Crippen LogP contribution in [0.15, 0.2) is 29.6 Å². The van der Waals surface area contributed by atoms with Gasteiger partial charge in [0.1, 0.15) is 11.9 Å². The van der Waals surface area contributed by atoms with Crippen LogP contribution in [0.25, 0.3) is 0 Å². The number of likely N-dealkylation sites (N-methyl/N-ethyl adjacent to an activating group) is 1. The number of hydrogen-bond donors (Lipinski definition) is 2. The summed E-state index contributed by atoms with van der Waals surface area (Å²) in [7, 11) is 1.76. The lowest BCUT2D eigenvalue weighted by atomic mass is 10.0. The van der Waals surface area contributed by atoms with Gasteiger partial charge in [0, 0.05) is 18.5 Å². The van der Waals surface area contributed by atoms with Gasteiger partial charge in [0.05, 0.1) is 5.69 Å². The first-order chi connectivity index (χ1) is 13.1. The molecular formula is C18H21F3N2O4S. The number of carboxylic acid groups (broad SMARTS) is 1. The molecule has 1 aromatic heterocycles. The third-order valence-corrected chi connectivity index (χ3v) is 4.89. The van der Waals surface area contributed by atoms with Crippen LogP contribution in [0.4, 0.5) is 13.2 Å². The largest absolute Gasteiger partial charge is 0.482 e. The van der Waals surface area contributed by atoms with Gasteiger partial charge >= 0.3 is 12.1 Å². The van der Waals surface area contributed by atoms with Crippen molar-refractivity contribution in [3.63, 3.8) is 0 Å². The van der Waals surface area contributed by atoms with Gasteiger partial charge in [-0.2, -0.15) is 13.2 Å². The maximum atomic E-state index is 12.6. The predicted molar refractivity (Wildman–Crippen MR) is 97.6 cm³/mol. The van der Waals surface area contributed by atoms with Crippen molar-refractivity contribution in [1.82, 2.24) is 9.88 Å². The summed E-state index contributed by atoms with van der Waals surface area (Å²) < 4.78 is 42.9. The summed E-state index contributed by atoms with van der Waals surface area (Å²) in [5, 5.41) is 19.0. The molecule has 2 N–H and O–H groups in total. The van der Waals surface area contributed by atoms with Crippen LogP contribution in [-0.2, 0) is 11.0 Å². The van der Waals surface area contributed by atoms with E-state index in [2.05, 4.69) is 4.98 Å². The molecule has 10 heteroatoms. The number of aromatic nitrogens is 1. The Labute approximate surface area is 164 Å². The van der Waals surface area contributed by atoms with Gasteiger partial charge in [-0.05, 0) is 30.7 Å². The molecule has 2 rings (SSSR count). The maximum Gasteiger partial charge on any atom is 0.443 e. The van der Waals surface area contributed by atoms with Crippen molar-refractivity contribution in [2.75, 3.05) is 26.7 Å². The summed E-state index contributed by atoms with van der Waals surface area (Å²) in [6.07, 6.45) is -5.63. The van der Waals surface area contributed by atoms with Gasteiger partial charge in [0.15, 0.2) is 11.6 Å². The van der Waals surface area contributed by atoms with Crippen molar-refractivity contribution in [1.29, 1.82) is 0 Å². The zero-order valence-electron chi connectivity index (χ0n) is 15.3. The number of aliphatic carboxylic acids is 1. The second-order valence-electron chi connectivity index (χ2n) is 6.46. The van der Waals surface area contributed by atoms with Crippen molar-refractivity contribution in [3.8, 4) is 5.75 Å². The molecule has 2 unspecified atom stereocenters. The normalized spacial score (nSPS) is 14.1. The number of carbonyl (C=O) groups is 1. The van der Waals surface area contributed by atoms with Gasteiger partial charge < -0.3 is 19.8 Å². The third-order valence-electron chi connectivity index (χ3n) is 3.99. The number of alkyl halides is 3. The number of carboxylic acids is 1. The van der Waals surface area contributed by atoms with Crippen LogP contribution in [-0.4, -0.2) is 52.8 Å². The molecule has 6 nitrogen and oxygen atoms in total. The predicted octanol–water partition coefficient (Wildman–Crippen LogP) is 3.39. The second-order valence-corrected chi connectivity index (χ2v) is 7.32. The highest BCUT2D eigenvalue weighted by molar-refractivity contribution is 7.09. The van der Waals surface area contributed by atoms with E-state index in [0.29, 0.717) is 23.6 Å². The zero-order chi connectivity index (χ0) is 20.9. The second kappa shape index (κ2) is 9.35. The van der Waals surface area contributed by atoms with Crippen LogP contribution in [0.1, 0.15) is 35.2 Å². The molecule has 0 amide bonds.